The van der Waals surface area contributed by atoms with E-state index in [-0.39, 0.29) is 29.5 Å². The quantitative estimate of drug-likeness (QED) is 0.236. The van der Waals surface area contributed by atoms with Gasteiger partial charge in [-0.1, -0.05) is 23.7 Å². The number of carbonyl (C=O) groups excluding carboxylic acids is 2. The van der Waals surface area contributed by atoms with Crippen molar-refractivity contribution in [3.63, 3.8) is 0 Å². The Hall–Kier alpha value is -4.70. The van der Waals surface area contributed by atoms with Crippen LogP contribution in [-0.2, 0) is 22.6 Å². The topological polar surface area (TPSA) is 120 Å². The molecular weight excluding hydrogens is 584 g/mol. The van der Waals surface area contributed by atoms with Crippen molar-refractivity contribution >= 4 is 40.0 Å². The highest BCUT2D eigenvalue weighted by Gasteiger charge is 2.29. The summed E-state index contributed by atoms with van der Waals surface area (Å²) >= 11 is 6.27. The van der Waals surface area contributed by atoms with E-state index in [1.165, 1.54) is 20.1 Å². The number of hydrogen-bond acceptors (Lipinski definition) is 7. The van der Waals surface area contributed by atoms with Crippen LogP contribution >= 0.6 is 11.6 Å². The van der Waals surface area contributed by atoms with Crippen molar-refractivity contribution in [3.05, 3.63) is 81.1 Å². The first-order chi connectivity index (χ1) is 21.2. The Balaban J connectivity index is 1.40. The molecule has 10 nitrogen and oxygen atoms in total. The molecule has 230 valence electrons. The van der Waals surface area contributed by atoms with E-state index in [9.17, 15) is 14.4 Å². The van der Waals surface area contributed by atoms with Gasteiger partial charge < -0.3 is 34.7 Å². The number of anilines is 1. The number of carbonyl (C=O) groups is 2. The minimum absolute atomic E-state index is 0.0950. The lowest BCUT2D eigenvalue weighted by atomic mass is 9.95. The first kappa shape index (κ1) is 30.7. The first-order valence-corrected chi connectivity index (χ1v) is 14.6. The maximum absolute atomic E-state index is 13.5. The van der Waals surface area contributed by atoms with E-state index in [2.05, 4.69) is 16.0 Å². The number of methoxy groups -OCH3 is 3. The van der Waals surface area contributed by atoms with Crippen molar-refractivity contribution < 1.29 is 23.8 Å². The van der Waals surface area contributed by atoms with E-state index in [0.29, 0.717) is 59.3 Å². The standard InChI is InChI=1S/C33H35ClN4O6/c1-19(39)37-25-10-8-20-16-29(42-2)32(43-3)33(44-4)31(20)21-9-11-26(28(40)17-23(21)25)36-18-30(41)35-13-15-38-14-12-22-24(34)6-5-7-27(22)38/h5-7,9,11-12,14,16-17,25H,8,10,13,15,18H2,1-4H3,(H,35,41)(H,36,40)(H,37,39)/t25-/m0/s1. The van der Waals surface area contributed by atoms with Gasteiger partial charge in [-0.15, -0.1) is 0 Å². The van der Waals surface area contributed by atoms with Gasteiger partial charge in [-0.25, -0.2) is 0 Å². The van der Waals surface area contributed by atoms with Crippen LogP contribution in [0.5, 0.6) is 17.2 Å². The summed E-state index contributed by atoms with van der Waals surface area (Å²) in [5.41, 5.74) is 3.97. The number of aromatic nitrogens is 1. The third-order valence-electron chi connectivity index (χ3n) is 7.79. The fourth-order valence-corrected chi connectivity index (χ4v) is 6.02. The summed E-state index contributed by atoms with van der Waals surface area (Å²) < 4.78 is 19.1. The molecule has 2 amide bonds. The number of fused-ring (bicyclic) bond motifs is 4. The SMILES string of the molecule is COc1cc2c(c(OC)c1OC)-c1ccc(NCC(=O)NCCn3ccc4c(Cl)cccc43)c(=O)cc1[C@@H](NC(C)=O)CC2. The summed E-state index contributed by atoms with van der Waals surface area (Å²) in [6.07, 6.45) is 3.09. The molecule has 1 aliphatic carbocycles. The second-order valence-electron chi connectivity index (χ2n) is 10.5. The number of aryl methyl sites for hydroxylation is 1. The van der Waals surface area contributed by atoms with Crippen molar-refractivity contribution in [1.29, 1.82) is 0 Å². The molecule has 4 aromatic rings. The molecule has 1 aromatic heterocycles. The smallest absolute Gasteiger partial charge is 0.239 e. The predicted molar refractivity (Wildman–Crippen MR) is 171 cm³/mol. The predicted octanol–water partition coefficient (Wildman–Crippen LogP) is 4.70. The van der Waals surface area contributed by atoms with Crippen LogP contribution in [0.2, 0.25) is 5.02 Å². The molecule has 0 bridgehead atoms. The fraction of sp³-hybridized carbons (Fsp3) is 0.303. The number of nitrogens with one attached hydrogen (secondary N) is 3. The number of ether oxygens (including phenoxy) is 3. The molecule has 1 aliphatic rings. The molecule has 5 rings (SSSR count). The van der Waals surface area contributed by atoms with Gasteiger partial charge in [-0.2, -0.15) is 0 Å². The molecule has 0 aliphatic heterocycles. The van der Waals surface area contributed by atoms with Crippen molar-refractivity contribution in [2.45, 2.75) is 32.4 Å². The summed E-state index contributed by atoms with van der Waals surface area (Å²) in [7, 11) is 4.65. The molecule has 0 spiro atoms. The van der Waals surface area contributed by atoms with Crippen molar-refractivity contribution in [2.75, 3.05) is 39.7 Å². The minimum Gasteiger partial charge on any atom is -0.493 e. The second kappa shape index (κ2) is 13.3. The van der Waals surface area contributed by atoms with Gasteiger partial charge in [0.1, 0.15) is 0 Å². The van der Waals surface area contributed by atoms with Crippen molar-refractivity contribution in [3.8, 4) is 28.4 Å². The lowest BCUT2D eigenvalue weighted by Gasteiger charge is -2.19. The van der Waals surface area contributed by atoms with E-state index in [1.54, 1.807) is 20.3 Å². The second-order valence-corrected chi connectivity index (χ2v) is 10.9. The van der Waals surface area contributed by atoms with Gasteiger partial charge in [0.15, 0.2) is 11.5 Å². The van der Waals surface area contributed by atoms with Crippen molar-refractivity contribution in [1.82, 2.24) is 15.2 Å². The molecule has 0 saturated heterocycles. The summed E-state index contributed by atoms with van der Waals surface area (Å²) in [6.45, 7) is 2.32. The van der Waals surface area contributed by atoms with E-state index >= 15 is 0 Å². The fourth-order valence-electron chi connectivity index (χ4n) is 5.79. The lowest BCUT2D eigenvalue weighted by molar-refractivity contribution is -0.120. The van der Waals surface area contributed by atoms with E-state index in [1.807, 2.05) is 47.2 Å². The van der Waals surface area contributed by atoms with E-state index < -0.39 is 6.04 Å². The Morgan fingerprint density at radius 2 is 1.82 bits per heavy atom. The van der Waals surface area contributed by atoms with Gasteiger partial charge in [0.05, 0.1) is 39.6 Å². The van der Waals surface area contributed by atoms with Gasteiger partial charge >= 0.3 is 0 Å². The van der Waals surface area contributed by atoms with Crippen LogP contribution in [0.1, 0.15) is 30.5 Å². The van der Waals surface area contributed by atoms with Crippen LogP contribution in [0.25, 0.3) is 22.0 Å². The van der Waals surface area contributed by atoms with E-state index in [0.717, 1.165) is 22.0 Å². The zero-order valence-corrected chi connectivity index (χ0v) is 25.8. The van der Waals surface area contributed by atoms with Crippen LogP contribution in [0.15, 0.2) is 59.5 Å². The van der Waals surface area contributed by atoms with Crippen LogP contribution in [0.4, 0.5) is 5.69 Å². The summed E-state index contributed by atoms with van der Waals surface area (Å²) in [6, 6.07) is 14.1. The molecule has 3 N–H and O–H groups in total. The highest BCUT2D eigenvalue weighted by molar-refractivity contribution is 6.35. The largest absolute Gasteiger partial charge is 0.493 e. The number of rotatable bonds is 10. The normalized spacial score (nSPS) is 13.7. The molecule has 0 fully saturated rings. The maximum atomic E-state index is 13.5. The number of nitrogens with zero attached hydrogens (tertiary/aromatic N) is 1. The molecule has 44 heavy (non-hydrogen) atoms. The molecule has 3 aromatic carbocycles. The number of hydrogen-bond donors (Lipinski definition) is 3. The Morgan fingerprint density at radius 1 is 1.02 bits per heavy atom. The summed E-state index contributed by atoms with van der Waals surface area (Å²) in [5.74, 6) is 0.954. The van der Waals surface area contributed by atoms with Crippen LogP contribution in [0, 0.1) is 0 Å². The average molecular weight is 619 g/mol. The maximum Gasteiger partial charge on any atom is 0.239 e. The van der Waals surface area contributed by atoms with Gasteiger partial charge in [0, 0.05) is 47.7 Å². The van der Waals surface area contributed by atoms with Gasteiger partial charge in [-0.3, -0.25) is 14.4 Å². The van der Waals surface area contributed by atoms with Crippen molar-refractivity contribution in [2.24, 2.45) is 0 Å². The van der Waals surface area contributed by atoms with E-state index in [4.69, 9.17) is 25.8 Å². The van der Waals surface area contributed by atoms with Crippen LogP contribution < -0.4 is 35.6 Å². The molecule has 1 heterocycles. The minimum atomic E-state index is -0.424. The Morgan fingerprint density at radius 3 is 2.55 bits per heavy atom. The average Bonchev–Trinajstić information content (AvgIpc) is 3.28. The zero-order valence-electron chi connectivity index (χ0n) is 25.1. The Bertz CT molecular complexity index is 1790. The highest BCUT2D eigenvalue weighted by Crippen LogP contribution is 2.50. The molecule has 11 heteroatoms. The molecule has 0 unspecified atom stereocenters. The monoisotopic (exact) mass is 618 g/mol. The molecule has 1 atom stereocenters. The third kappa shape index (κ3) is 6.16. The van der Waals surface area contributed by atoms with Gasteiger partial charge in [0.2, 0.25) is 23.0 Å². The molecule has 0 saturated carbocycles. The number of amides is 2. The van der Waals surface area contributed by atoms with Crippen LogP contribution in [-0.4, -0.2) is 50.8 Å². The molecular formula is C33H35ClN4O6. The van der Waals surface area contributed by atoms with Crippen LogP contribution in [0.3, 0.4) is 0 Å². The van der Waals surface area contributed by atoms with Gasteiger partial charge in [0.25, 0.3) is 0 Å². The van der Waals surface area contributed by atoms with Gasteiger partial charge in [-0.05, 0) is 65.9 Å². The first-order valence-electron chi connectivity index (χ1n) is 14.3. The lowest BCUT2D eigenvalue weighted by Crippen LogP contribution is -2.33. The summed E-state index contributed by atoms with van der Waals surface area (Å²) in [5, 5.41) is 10.5. The number of benzene rings is 2. The third-order valence-corrected chi connectivity index (χ3v) is 8.12. The Kier molecular flexibility index (Phi) is 9.29. The molecule has 0 radical (unpaired) electrons. The highest BCUT2D eigenvalue weighted by atomic mass is 35.5. The zero-order chi connectivity index (χ0) is 31.4. The Labute approximate surface area is 260 Å². The summed E-state index contributed by atoms with van der Waals surface area (Å²) in [4.78, 5) is 38.3. The number of halogens is 1.